The number of hydrogen-bond donors (Lipinski definition) is 1. The van der Waals surface area contributed by atoms with Crippen LogP contribution in [0.2, 0.25) is 5.02 Å². The van der Waals surface area contributed by atoms with Gasteiger partial charge in [0.2, 0.25) is 0 Å². The standard InChI is InChI=1S/C18H30ClN3O/c1-4-7-21-8-10-22(11-9-21)17(13-20)15-5-6-18(16(19)12-15)23-14(2)3/h5-6,12,14,17H,4,7-11,13,20H2,1-3H3. The highest BCUT2D eigenvalue weighted by molar-refractivity contribution is 6.32. The van der Waals surface area contributed by atoms with E-state index in [1.165, 1.54) is 18.5 Å². The van der Waals surface area contributed by atoms with Crippen molar-refractivity contribution in [3.05, 3.63) is 28.8 Å². The molecule has 5 heteroatoms. The topological polar surface area (TPSA) is 41.7 Å². The normalized spacial score (nSPS) is 18.3. The molecule has 1 heterocycles. The minimum absolute atomic E-state index is 0.121. The van der Waals surface area contributed by atoms with E-state index in [2.05, 4.69) is 22.8 Å². The minimum Gasteiger partial charge on any atom is -0.489 e. The van der Waals surface area contributed by atoms with E-state index < -0.39 is 0 Å². The Morgan fingerprint density at radius 1 is 1.22 bits per heavy atom. The van der Waals surface area contributed by atoms with Crippen molar-refractivity contribution < 1.29 is 4.74 Å². The molecule has 0 spiro atoms. The van der Waals surface area contributed by atoms with Gasteiger partial charge >= 0.3 is 0 Å². The molecule has 0 aromatic heterocycles. The molecular weight excluding hydrogens is 310 g/mol. The molecule has 1 fully saturated rings. The minimum atomic E-state index is 0.121. The third-order valence-electron chi connectivity index (χ3n) is 4.31. The molecule has 0 aliphatic carbocycles. The van der Waals surface area contributed by atoms with Gasteiger partial charge in [-0.05, 0) is 44.5 Å². The molecule has 130 valence electrons. The highest BCUT2D eigenvalue weighted by atomic mass is 35.5. The maximum Gasteiger partial charge on any atom is 0.138 e. The Balaban J connectivity index is 2.05. The predicted octanol–water partition coefficient (Wildman–Crippen LogP) is 3.15. The van der Waals surface area contributed by atoms with Gasteiger partial charge in [-0.3, -0.25) is 4.90 Å². The maximum absolute atomic E-state index is 6.39. The fraction of sp³-hybridized carbons (Fsp3) is 0.667. The van der Waals surface area contributed by atoms with Crippen LogP contribution < -0.4 is 10.5 Å². The molecule has 23 heavy (non-hydrogen) atoms. The van der Waals surface area contributed by atoms with Gasteiger partial charge in [0.25, 0.3) is 0 Å². The second kappa shape index (κ2) is 8.88. The van der Waals surface area contributed by atoms with Gasteiger partial charge in [0, 0.05) is 38.8 Å². The molecular formula is C18H30ClN3O. The van der Waals surface area contributed by atoms with E-state index in [0.29, 0.717) is 11.6 Å². The van der Waals surface area contributed by atoms with Crippen LogP contribution in [0.4, 0.5) is 0 Å². The van der Waals surface area contributed by atoms with Crippen molar-refractivity contribution >= 4 is 11.6 Å². The number of nitrogens with zero attached hydrogens (tertiary/aromatic N) is 2. The number of ether oxygens (including phenoxy) is 1. The van der Waals surface area contributed by atoms with E-state index in [1.807, 2.05) is 26.0 Å². The van der Waals surface area contributed by atoms with Gasteiger partial charge in [0.1, 0.15) is 5.75 Å². The first kappa shape index (κ1) is 18.5. The van der Waals surface area contributed by atoms with Gasteiger partial charge in [-0.1, -0.05) is 24.6 Å². The Morgan fingerprint density at radius 3 is 2.43 bits per heavy atom. The van der Waals surface area contributed by atoms with E-state index in [0.717, 1.165) is 31.9 Å². The second-order valence-electron chi connectivity index (χ2n) is 6.49. The van der Waals surface area contributed by atoms with Gasteiger partial charge in [0.05, 0.1) is 11.1 Å². The number of rotatable bonds is 7. The first-order valence-electron chi connectivity index (χ1n) is 8.67. The summed E-state index contributed by atoms with van der Waals surface area (Å²) in [5.74, 6) is 0.744. The van der Waals surface area contributed by atoms with Gasteiger partial charge in [-0.2, -0.15) is 0 Å². The number of piperazine rings is 1. The molecule has 0 saturated carbocycles. The van der Waals surface area contributed by atoms with Crippen molar-refractivity contribution in [1.29, 1.82) is 0 Å². The molecule has 1 unspecified atom stereocenters. The van der Waals surface area contributed by atoms with E-state index in [4.69, 9.17) is 22.1 Å². The zero-order valence-electron chi connectivity index (χ0n) is 14.6. The number of hydrogen-bond acceptors (Lipinski definition) is 4. The third kappa shape index (κ3) is 5.08. The molecule has 2 rings (SSSR count). The lowest BCUT2D eigenvalue weighted by atomic mass is 10.0. The summed E-state index contributed by atoms with van der Waals surface area (Å²) in [5, 5.41) is 0.666. The fourth-order valence-electron chi connectivity index (χ4n) is 3.18. The maximum atomic E-state index is 6.39. The number of halogens is 1. The summed E-state index contributed by atoms with van der Waals surface area (Å²) in [6, 6.07) is 6.30. The molecule has 1 aromatic rings. The van der Waals surface area contributed by atoms with Crippen molar-refractivity contribution in [2.45, 2.75) is 39.3 Å². The Bertz CT molecular complexity index is 487. The van der Waals surface area contributed by atoms with Crippen molar-refractivity contribution in [3.8, 4) is 5.75 Å². The van der Waals surface area contributed by atoms with E-state index in [1.54, 1.807) is 0 Å². The molecule has 0 radical (unpaired) electrons. The predicted molar refractivity (Wildman–Crippen MR) is 97.3 cm³/mol. The van der Waals surface area contributed by atoms with Crippen LogP contribution in [0.3, 0.4) is 0 Å². The smallest absolute Gasteiger partial charge is 0.138 e. The molecule has 1 aromatic carbocycles. The van der Waals surface area contributed by atoms with Crippen molar-refractivity contribution in [1.82, 2.24) is 9.80 Å². The van der Waals surface area contributed by atoms with Crippen molar-refractivity contribution in [2.24, 2.45) is 5.73 Å². The van der Waals surface area contributed by atoms with Crippen LogP contribution >= 0.6 is 11.6 Å². The lowest BCUT2D eigenvalue weighted by Crippen LogP contribution is -2.49. The molecule has 2 N–H and O–H groups in total. The quantitative estimate of drug-likeness (QED) is 0.828. The van der Waals surface area contributed by atoms with Crippen LogP contribution in [0, 0.1) is 0 Å². The van der Waals surface area contributed by atoms with Crippen LogP contribution in [0.15, 0.2) is 18.2 Å². The zero-order valence-corrected chi connectivity index (χ0v) is 15.4. The summed E-state index contributed by atoms with van der Waals surface area (Å²) in [4.78, 5) is 5.00. The lowest BCUT2D eigenvalue weighted by Gasteiger charge is -2.39. The Morgan fingerprint density at radius 2 is 1.91 bits per heavy atom. The zero-order chi connectivity index (χ0) is 16.8. The molecule has 1 aliphatic heterocycles. The van der Waals surface area contributed by atoms with E-state index in [-0.39, 0.29) is 12.1 Å². The fourth-order valence-corrected chi connectivity index (χ4v) is 3.42. The van der Waals surface area contributed by atoms with Gasteiger partial charge in [0.15, 0.2) is 0 Å². The lowest BCUT2D eigenvalue weighted by molar-refractivity contribution is 0.0985. The van der Waals surface area contributed by atoms with Crippen molar-refractivity contribution in [2.75, 3.05) is 39.3 Å². The summed E-state index contributed by atoms with van der Waals surface area (Å²) < 4.78 is 5.72. The highest BCUT2D eigenvalue weighted by Gasteiger charge is 2.24. The first-order valence-corrected chi connectivity index (χ1v) is 9.05. The van der Waals surface area contributed by atoms with Crippen LogP contribution in [-0.2, 0) is 0 Å². The van der Waals surface area contributed by atoms with Crippen LogP contribution in [-0.4, -0.2) is 55.2 Å². The summed E-state index contributed by atoms with van der Waals surface area (Å²) in [7, 11) is 0. The SMILES string of the molecule is CCCN1CCN(C(CN)c2ccc(OC(C)C)c(Cl)c2)CC1. The van der Waals surface area contributed by atoms with E-state index in [9.17, 15) is 0 Å². The molecule has 0 amide bonds. The number of benzene rings is 1. The summed E-state index contributed by atoms with van der Waals surface area (Å²) in [6.07, 6.45) is 1.34. The summed E-state index contributed by atoms with van der Waals surface area (Å²) in [5.41, 5.74) is 7.25. The Labute approximate surface area is 145 Å². The monoisotopic (exact) mass is 339 g/mol. The summed E-state index contributed by atoms with van der Waals surface area (Å²) >= 11 is 6.39. The molecule has 1 saturated heterocycles. The molecule has 1 aliphatic rings. The second-order valence-corrected chi connectivity index (χ2v) is 6.89. The van der Waals surface area contributed by atoms with Gasteiger partial charge in [-0.15, -0.1) is 0 Å². The van der Waals surface area contributed by atoms with Crippen LogP contribution in [0.25, 0.3) is 0 Å². The van der Waals surface area contributed by atoms with Gasteiger partial charge in [-0.25, -0.2) is 0 Å². The Hall–Kier alpha value is -0.810. The van der Waals surface area contributed by atoms with E-state index >= 15 is 0 Å². The van der Waals surface area contributed by atoms with Crippen LogP contribution in [0.5, 0.6) is 5.75 Å². The Kier molecular flexibility index (Phi) is 7.15. The number of nitrogens with two attached hydrogens (primary N) is 1. The summed E-state index contributed by atoms with van der Waals surface area (Å²) in [6.45, 7) is 12.4. The molecule has 0 bridgehead atoms. The molecule has 1 atom stereocenters. The van der Waals surface area contributed by atoms with Crippen LogP contribution in [0.1, 0.15) is 38.8 Å². The third-order valence-corrected chi connectivity index (χ3v) is 4.61. The average Bonchev–Trinajstić information content (AvgIpc) is 2.52. The average molecular weight is 340 g/mol. The molecule has 4 nitrogen and oxygen atoms in total. The van der Waals surface area contributed by atoms with Crippen molar-refractivity contribution in [3.63, 3.8) is 0 Å². The highest BCUT2D eigenvalue weighted by Crippen LogP contribution is 2.30. The first-order chi connectivity index (χ1) is 11.0. The largest absolute Gasteiger partial charge is 0.489 e. The van der Waals surface area contributed by atoms with Gasteiger partial charge < -0.3 is 15.4 Å².